The van der Waals surface area contributed by atoms with Crippen molar-refractivity contribution in [1.82, 2.24) is 0 Å². The Balaban J connectivity index is 0.800. The highest BCUT2D eigenvalue weighted by atomic mass is 15.2. The van der Waals surface area contributed by atoms with Crippen LogP contribution in [0, 0.1) is 0 Å². The first-order chi connectivity index (χ1) is 44.7. The summed E-state index contributed by atoms with van der Waals surface area (Å²) < 4.78 is 0. The molecule has 0 unspecified atom stereocenters. The van der Waals surface area contributed by atoms with Gasteiger partial charge in [0.2, 0.25) is 0 Å². The standard InChI is InChI=1S/C90H66N2/c1-87(2)71-29-17-19-31-79(71)91(83-49-75-69(45-77(83)87)85-65-39-37-57-53-23-11-9-21-51(53)33-35-59(57)61(65)41-43-73(85)89(75,5)6)81-47-67-56-26-14-16-28-64(56)82(48-68(67)55-25-13-15-27-63(55)81)92-80-32-20-18-30-72(80)88(3,4)78-46-70-76(50-84(78)92)90(7,8)74-44-42-62-60-36-34-52-22-10-12-24-54(52)58(60)38-40-66(62)86(70)74/h9-50H,1-8H3. The molecule has 0 radical (unpaired) electrons. The molecule has 0 atom stereocenters. The lowest BCUT2D eigenvalue weighted by molar-refractivity contribution is 0.627. The number of benzene rings is 16. The van der Waals surface area contributed by atoms with Crippen LogP contribution in [-0.2, 0) is 21.7 Å². The molecule has 0 bridgehead atoms. The number of para-hydroxylation sites is 2. The Morgan fingerprint density at radius 3 is 0.924 bits per heavy atom. The number of rotatable bonds is 2. The van der Waals surface area contributed by atoms with Crippen molar-refractivity contribution in [3.63, 3.8) is 0 Å². The van der Waals surface area contributed by atoms with Gasteiger partial charge in [0.1, 0.15) is 0 Å². The highest BCUT2D eigenvalue weighted by Gasteiger charge is 2.46. The van der Waals surface area contributed by atoms with Crippen molar-refractivity contribution in [1.29, 1.82) is 0 Å². The molecule has 0 spiro atoms. The van der Waals surface area contributed by atoms with Crippen molar-refractivity contribution < 1.29 is 0 Å². The van der Waals surface area contributed by atoms with E-state index in [-0.39, 0.29) is 21.7 Å². The Morgan fingerprint density at radius 2 is 0.489 bits per heavy atom. The quantitative estimate of drug-likeness (QED) is 0.159. The minimum atomic E-state index is -0.305. The average molecular weight is 1180 g/mol. The fourth-order valence-electron chi connectivity index (χ4n) is 18.5. The van der Waals surface area contributed by atoms with Gasteiger partial charge in [0.15, 0.2) is 0 Å². The third-order valence-corrected chi connectivity index (χ3v) is 23.1. The predicted molar refractivity (Wildman–Crippen MR) is 393 cm³/mol. The van der Waals surface area contributed by atoms with Gasteiger partial charge >= 0.3 is 0 Å². The Morgan fingerprint density at radius 1 is 0.185 bits per heavy atom. The molecule has 2 heterocycles. The molecule has 16 aromatic rings. The van der Waals surface area contributed by atoms with Gasteiger partial charge in [-0.2, -0.15) is 0 Å². The van der Waals surface area contributed by atoms with E-state index < -0.39 is 0 Å². The van der Waals surface area contributed by atoms with Crippen molar-refractivity contribution >= 4 is 131 Å². The molecule has 2 aliphatic heterocycles. The number of hydrogen-bond donors (Lipinski definition) is 0. The zero-order chi connectivity index (χ0) is 61.6. The first-order valence-electron chi connectivity index (χ1n) is 33.0. The molecule has 20 rings (SSSR count). The number of hydrogen-bond acceptors (Lipinski definition) is 2. The Kier molecular flexibility index (Phi) is 10.0. The van der Waals surface area contributed by atoms with Crippen molar-refractivity contribution in [3.8, 4) is 22.3 Å². The van der Waals surface area contributed by atoms with Gasteiger partial charge in [0, 0.05) is 32.4 Å². The van der Waals surface area contributed by atoms with Gasteiger partial charge in [0.05, 0.1) is 34.1 Å². The van der Waals surface area contributed by atoms with Crippen LogP contribution in [0.4, 0.5) is 34.1 Å². The molecule has 2 nitrogen and oxygen atoms in total. The molecule has 2 aliphatic carbocycles. The van der Waals surface area contributed by atoms with E-state index in [1.165, 1.54) is 198 Å². The van der Waals surface area contributed by atoms with Gasteiger partial charge in [-0.3, -0.25) is 0 Å². The second-order valence-corrected chi connectivity index (χ2v) is 29.1. The molecule has 436 valence electrons. The molecule has 4 aliphatic rings. The summed E-state index contributed by atoms with van der Waals surface area (Å²) in [5.41, 5.74) is 22.5. The van der Waals surface area contributed by atoms with E-state index in [0.29, 0.717) is 0 Å². The molecule has 0 fully saturated rings. The number of fused-ring (bicyclic) bond motifs is 27. The Hall–Kier alpha value is -10.5. The molecule has 0 N–H and O–H groups in total. The zero-order valence-corrected chi connectivity index (χ0v) is 53.1. The normalized spacial score (nSPS) is 15.9. The lowest BCUT2D eigenvalue weighted by Crippen LogP contribution is -2.31. The van der Waals surface area contributed by atoms with Crippen molar-refractivity contribution in [2.75, 3.05) is 9.80 Å². The third-order valence-electron chi connectivity index (χ3n) is 23.1. The van der Waals surface area contributed by atoms with Gasteiger partial charge in [-0.05, 0) is 201 Å². The van der Waals surface area contributed by atoms with Crippen LogP contribution in [0.25, 0.3) is 119 Å². The van der Waals surface area contributed by atoms with E-state index in [1.807, 2.05) is 0 Å². The molecule has 0 saturated heterocycles. The van der Waals surface area contributed by atoms with Crippen LogP contribution in [-0.4, -0.2) is 0 Å². The lowest BCUT2D eigenvalue weighted by Gasteiger charge is -2.43. The minimum Gasteiger partial charge on any atom is -0.309 e. The number of anilines is 6. The minimum absolute atomic E-state index is 0.252. The van der Waals surface area contributed by atoms with Crippen LogP contribution in [0.15, 0.2) is 255 Å². The van der Waals surface area contributed by atoms with Crippen LogP contribution < -0.4 is 9.80 Å². The molecular weight excluding hydrogens is 1110 g/mol. The summed E-state index contributed by atoms with van der Waals surface area (Å²) in [5.74, 6) is 0. The highest BCUT2D eigenvalue weighted by Crippen LogP contribution is 2.63. The topological polar surface area (TPSA) is 6.48 Å². The average Bonchev–Trinajstić information content (AvgIpc) is 1.51. The van der Waals surface area contributed by atoms with E-state index in [9.17, 15) is 0 Å². The first-order valence-corrected chi connectivity index (χ1v) is 33.0. The monoisotopic (exact) mass is 1170 g/mol. The van der Waals surface area contributed by atoms with E-state index >= 15 is 0 Å². The lowest BCUT2D eigenvalue weighted by atomic mass is 9.71. The van der Waals surface area contributed by atoms with Crippen molar-refractivity contribution in [2.45, 2.75) is 77.0 Å². The molecule has 2 heteroatoms. The summed E-state index contributed by atoms with van der Waals surface area (Å²) in [6.45, 7) is 19.6. The van der Waals surface area contributed by atoms with Gasteiger partial charge in [-0.1, -0.05) is 262 Å². The van der Waals surface area contributed by atoms with E-state index in [1.54, 1.807) is 0 Å². The highest BCUT2D eigenvalue weighted by molar-refractivity contribution is 6.26. The maximum Gasteiger partial charge on any atom is 0.0546 e. The summed E-state index contributed by atoms with van der Waals surface area (Å²) in [5, 5.41) is 23.1. The maximum absolute atomic E-state index is 2.64. The maximum atomic E-state index is 2.64. The third kappa shape index (κ3) is 6.54. The molecule has 0 aromatic heterocycles. The molecule has 0 amide bonds. The smallest absolute Gasteiger partial charge is 0.0546 e. The summed E-state index contributed by atoms with van der Waals surface area (Å²) >= 11 is 0. The van der Waals surface area contributed by atoms with Crippen molar-refractivity contribution in [2.24, 2.45) is 0 Å². The summed E-state index contributed by atoms with van der Waals surface area (Å²) in [7, 11) is 0. The second-order valence-electron chi connectivity index (χ2n) is 29.1. The summed E-state index contributed by atoms with van der Waals surface area (Å²) in [6.07, 6.45) is 0. The fraction of sp³-hybridized carbons (Fsp3) is 0.133. The van der Waals surface area contributed by atoms with Gasteiger partial charge in [0.25, 0.3) is 0 Å². The van der Waals surface area contributed by atoms with Crippen LogP contribution in [0.1, 0.15) is 99.9 Å². The predicted octanol–water partition coefficient (Wildman–Crippen LogP) is 24.9. The zero-order valence-electron chi connectivity index (χ0n) is 53.1. The van der Waals surface area contributed by atoms with E-state index in [2.05, 4.69) is 320 Å². The van der Waals surface area contributed by atoms with Gasteiger partial charge in [-0.25, -0.2) is 0 Å². The summed E-state index contributed by atoms with van der Waals surface area (Å²) in [6, 6.07) is 98.6. The van der Waals surface area contributed by atoms with Crippen LogP contribution >= 0.6 is 0 Å². The van der Waals surface area contributed by atoms with E-state index in [4.69, 9.17) is 0 Å². The molecule has 16 aromatic carbocycles. The van der Waals surface area contributed by atoms with Crippen molar-refractivity contribution in [3.05, 3.63) is 299 Å². The molecular formula is C90H66N2. The molecule has 92 heavy (non-hydrogen) atoms. The van der Waals surface area contributed by atoms with Crippen LogP contribution in [0.2, 0.25) is 0 Å². The largest absolute Gasteiger partial charge is 0.309 e. The Bertz CT molecular complexity index is 5720. The molecule has 0 saturated carbocycles. The second kappa shape index (κ2) is 17.7. The van der Waals surface area contributed by atoms with Gasteiger partial charge in [-0.15, -0.1) is 0 Å². The SMILES string of the molecule is CC1(C)c2ccccc2N(c2cc3c4ccccc4c(N4c5ccccc5C(C)(C)c5cc6c(cc54)C(C)(C)c4ccc5c(ccc7c8ccccc8ccc57)c4-6)cc3c3ccccc23)c2cc3c(cc21)-c1c(ccc2c1ccc1c4ccccc4ccc21)C3(C)C. The summed E-state index contributed by atoms with van der Waals surface area (Å²) in [4.78, 5) is 5.29. The van der Waals surface area contributed by atoms with Crippen LogP contribution in [0.5, 0.6) is 0 Å². The Labute approximate surface area is 536 Å². The van der Waals surface area contributed by atoms with Crippen LogP contribution in [0.3, 0.4) is 0 Å². The van der Waals surface area contributed by atoms with E-state index in [0.717, 1.165) is 0 Å². The number of nitrogens with zero attached hydrogens (tertiary/aromatic N) is 2. The fourth-order valence-corrected chi connectivity index (χ4v) is 18.5. The first kappa shape index (κ1) is 52.3. The van der Waals surface area contributed by atoms with Gasteiger partial charge < -0.3 is 9.80 Å².